The van der Waals surface area contributed by atoms with Gasteiger partial charge >= 0.3 is 0 Å². The third-order valence-corrected chi connectivity index (χ3v) is 2.40. The van der Waals surface area contributed by atoms with Gasteiger partial charge in [-0.25, -0.2) is 0 Å². The van der Waals surface area contributed by atoms with Gasteiger partial charge in [-0.3, -0.25) is 4.98 Å². The third kappa shape index (κ3) is 2.44. The fourth-order valence-corrected chi connectivity index (χ4v) is 1.45. The molecule has 11 heavy (non-hydrogen) atoms. The van der Waals surface area contributed by atoms with E-state index in [9.17, 15) is 0 Å². The van der Waals surface area contributed by atoms with Crippen LogP contribution in [-0.4, -0.2) is 11.5 Å². The predicted octanol–water partition coefficient (Wildman–Crippen LogP) is 1.98. The molecule has 0 bridgehead atoms. The van der Waals surface area contributed by atoms with Gasteiger partial charge in [0.05, 0.1) is 5.51 Å². The van der Waals surface area contributed by atoms with Crippen molar-refractivity contribution in [1.29, 1.82) is 0 Å². The molecule has 1 N–H and O–H groups in total. The number of hydrogen-bond donors (Lipinski definition) is 1. The lowest BCUT2D eigenvalue weighted by Gasteiger charge is -2.08. The number of nitrogens with one attached hydrogen (secondary N) is 1. The van der Waals surface area contributed by atoms with Crippen LogP contribution in [0.1, 0.15) is 17.8 Å². The molecule has 0 aliphatic carbocycles. The van der Waals surface area contributed by atoms with E-state index in [4.69, 9.17) is 0 Å². The molecule has 0 fully saturated rings. The van der Waals surface area contributed by atoms with Gasteiger partial charge in [-0.15, -0.1) is 17.9 Å². The summed E-state index contributed by atoms with van der Waals surface area (Å²) in [6.45, 7) is 6.61. The molecule has 3 heteroatoms. The van der Waals surface area contributed by atoms with Crippen molar-refractivity contribution in [2.24, 2.45) is 0 Å². The monoisotopic (exact) mass is 168 g/mol. The second kappa shape index (κ2) is 4.26. The maximum atomic E-state index is 4.00. The van der Waals surface area contributed by atoms with Crippen molar-refractivity contribution in [3.05, 3.63) is 29.2 Å². The summed E-state index contributed by atoms with van der Waals surface area (Å²) in [4.78, 5) is 5.27. The minimum Gasteiger partial charge on any atom is -0.306 e. The lowest BCUT2D eigenvalue weighted by molar-refractivity contribution is 0.626. The molecule has 0 aliphatic rings. The molecular formula is C8H12N2S. The average Bonchev–Trinajstić information content (AvgIpc) is 2.52. The van der Waals surface area contributed by atoms with E-state index in [1.54, 1.807) is 11.3 Å². The molecule has 0 radical (unpaired) electrons. The van der Waals surface area contributed by atoms with Crippen molar-refractivity contribution >= 4 is 11.3 Å². The highest BCUT2D eigenvalue weighted by atomic mass is 32.1. The molecule has 1 rings (SSSR count). The molecule has 2 nitrogen and oxygen atoms in total. The molecule has 1 heterocycles. The molecular weight excluding hydrogens is 156 g/mol. The van der Waals surface area contributed by atoms with Crippen LogP contribution in [0.4, 0.5) is 0 Å². The second-order valence-corrected chi connectivity index (χ2v) is 3.24. The Labute approximate surface area is 71.0 Å². The summed E-state index contributed by atoms with van der Waals surface area (Å²) >= 11 is 1.67. The molecule has 1 atom stereocenters. The molecule has 0 saturated heterocycles. The van der Waals surface area contributed by atoms with E-state index in [0.29, 0.717) is 6.04 Å². The van der Waals surface area contributed by atoms with Gasteiger partial charge < -0.3 is 5.32 Å². The van der Waals surface area contributed by atoms with E-state index in [1.165, 1.54) is 4.88 Å². The zero-order valence-electron chi connectivity index (χ0n) is 6.58. The second-order valence-electron chi connectivity index (χ2n) is 2.32. The van der Waals surface area contributed by atoms with Crippen LogP contribution < -0.4 is 5.32 Å². The van der Waals surface area contributed by atoms with E-state index < -0.39 is 0 Å². The van der Waals surface area contributed by atoms with Crippen molar-refractivity contribution in [3.63, 3.8) is 0 Å². The first-order valence-corrected chi connectivity index (χ1v) is 4.45. The van der Waals surface area contributed by atoms with Gasteiger partial charge in [0.2, 0.25) is 0 Å². The molecule has 0 saturated carbocycles. The van der Waals surface area contributed by atoms with E-state index >= 15 is 0 Å². The Morgan fingerprint density at radius 1 is 1.91 bits per heavy atom. The van der Waals surface area contributed by atoms with E-state index in [-0.39, 0.29) is 0 Å². The first kappa shape index (κ1) is 8.43. The lowest BCUT2D eigenvalue weighted by atomic mass is 10.3. The van der Waals surface area contributed by atoms with Gasteiger partial charge in [0.25, 0.3) is 0 Å². The molecule has 0 aliphatic heterocycles. The Kier molecular flexibility index (Phi) is 3.26. The first-order chi connectivity index (χ1) is 5.34. The van der Waals surface area contributed by atoms with Crippen molar-refractivity contribution < 1.29 is 0 Å². The fourth-order valence-electron chi connectivity index (χ4n) is 0.800. The summed E-state index contributed by atoms with van der Waals surface area (Å²) in [7, 11) is 0. The van der Waals surface area contributed by atoms with Gasteiger partial charge in [0.15, 0.2) is 0 Å². The Hall–Kier alpha value is -0.670. The number of aromatic nitrogens is 1. The minimum absolute atomic E-state index is 0.389. The summed E-state index contributed by atoms with van der Waals surface area (Å²) in [5.74, 6) is 0. The van der Waals surface area contributed by atoms with Gasteiger partial charge in [-0.1, -0.05) is 6.08 Å². The highest BCUT2D eigenvalue weighted by Gasteiger charge is 2.03. The van der Waals surface area contributed by atoms with Crippen LogP contribution in [-0.2, 0) is 0 Å². The van der Waals surface area contributed by atoms with Crippen LogP contribution >= 0.6 is 11.3 Å². The molecule has 0 aromatic carbocycles. The Morgan fingerprint density at radius 3 is 3.27 bits per heavy atom. The zero-order chi connectivity index (χ0) is 8.10. The summed E-state index contributed by atoms with van der Waals surface area (Å²) in [5.41, 5.74) is 1.85. The smallest absolute Gasteiger partial charge is 0.0794 e. The molecule has 1 aromatic heterocycles. The zero-order valence-corrected chi connectivity index (χ0v) is 7.40. The summed E-state index contributed by atoms with van der Waals surface area (Å²) in [6.07, 6.45) is 3.75. The Bertz CT molecular complexity index is 206. The van der Waals surface area contributed by atoms with Crippen LogP contribution in [0.15, 0.2) is 24.4 Å². The number of rotatable bonds is 4. The lowest BCUT2D eigenvalue weighted by Crippen LogP contribution is -2.17. The topological polar surface area (TPSA) is 24.9 Å². The summed E-state index contributed by atoms with van der Waals surface area (Å²) < 4.78 is 0. The Morgan fingerprint density at radius 2 is 2.73 bits per heavy atom. The Balaban J connectivity index is 2.42. The molecule has 0 amide bonds. The standard InChI is InChI=1S/C8H12N2S/c1-3-4-10-7(2)8-5-9-6-11-8/h3,5-7,10H,1,4H2,2H3. The minimum atomic E-state index is 0.389. The third-order valence-electron chi connectivity index (χ3n) is 1.45. The van der Waals surface area contributed by atoms with Gasteiger partial charge in [0.1, 0.15) is 0 Å². The highest BCUT2D eigenvalue weighted by molar-refractivity contribution is 7.09. The largest absolute Gasteiger partial charge is 0.306 e. The molecule has 0 spiro atoms. The van der Waals surface area contributed by atoms with Gasteiger partial charge in [-0.2, -0.15) is 0 Å². The van der Waals surface area contributed by atoms with E-state index in [1.807, 2.05) is 17.8 Å². The quantitative estimate of drug-likeness (QED) is 0.695. The van der Waals surface area contributed by atoms with Crippen molar-refractivity contribution in [1.82, 2.24) is 10.3 Å². The molecule has 1 aromatic rings. The normalized spacial score (nSPS) is 12.8. The SMILES string of the molecule is C=CCNC(C)c1cncs1. The molecule has 60 valence electrons. The van der Waals surface area contributed by atoms with Gasteiger partial charge in [-0.05, 0) is 6.92 Å². The van der Waals surface area contributed by atoms with Crippen LogP contribution in [0.25, 0.3) is 0 Å². The summed E-state index contributed by atoms with van der Waals surface area (Å²) in [5, 5.41) is 3.29. The van der Waals surface area contributed by atoms with E-state index in [2.05, 4.69) is 23.8 Å². The average molecular weight is 168 g/mol. The van der Waals surface area contributed by atoms with Gasteiger partial charge in [0, 0.05) is 23.7 Å². The highest BCUT2D eigenvalue weighted by Crippen LogP contribution is 2.15. The first-order valence-electron chi connectivity index (χ1n) is 3.57. The molecule has 1 unspecified atom stereocenters. The maximum absolute atomic E-state index is 4.00. The van der Waals surface area contributed by atoms with Crippen molar-refractivity contribution in [2.45, 2.75) is 13.0 Å². The van der Waals surface area contributed by atoms with E-state index in [0.717, 1.165) is 6.54 Å². The fraction of sp³-hybridized carbons (Fsp3) is 0.375. The van der Waals surface area contributed by atoms with Crippen molar-refractivity contribution in [3.8, 4) is 0 Å². The maximum Gasteiger partial charge on any atom is 0.0794 e. The van der Waals surface area contributed by atoms with Crippen molar-refractivity contribution in [2.75, 3.05) is 6.54 Å². The van der Waals surface area contributed by atoms with Crippen LogP contribution in [0.5, 0.6) is 0 Å². The van der Waals surface area contributed by atoms with Crippen LogP contribution in [0.2, 0.25) is 0 Å². The number of nitrogens with zero attached hydrogens (tertiary/aromatic N) is 1. The predicted molar refractivity (Wildman–Crippen MR) is 48.7 cm³/mol. The number of thiazole rings is 1. The summed E-state index contributed by atoms with van der Waals surface area (Å²) in [6, 6.07) is 0.389. The van der Waals surface area contributed by atoms with Crippen LogP contribution in [0, 0.1) is 0 Å². The van der Waals surface area contributed by atoms with Crippen LogP contribution in [0.3, 0.4) is 0 Å². The number of hydrogen-bond acceptors (Lipinski definition) is 3.